The van der Waals surface area contributed by atoms with Gasteiger partial charge >= 0.3 is 6.18 Å². The fourth-order valence-corrected chi connectivity index (χ4v) is 7.49. The van der Waals surface area contributed by atoms with Crippen molar-refractivity contribution in [2.45, 2.75) is 82.6 Å². The van der Waals surface area contributed by atoms with Crippen molar-refractivity contribution in [1.82, 2.24) is 29.5 Å². The molecule has 4 amide bonds. The predicted octanol–water partition coefficient (Wildman–Crippen LogP) is 5.56. The van der Waals surface area contributed by atoms with Gasteiger partial charge in [0.2, 0.25) is 11.8 Å². The molecule has 3 aliphatic rings. The molecular weight excluding hydrogens is 731 g/mol. The molecule has 1 atom stereocenters. The van der Waals surface area contributed by atoms with Crippen molar-refractivity contribution in [3.05, 3.63) is 83.6 Å². The van der Waals surface area contributed by atoms with Gasteiger partial charge in [-0.05, 0) is 88.4 Å². The van der Waals surface area contributed by atoms with E-state index in [0.29, 0.717) is 49.1 Å². The first-order valence-electron chi connectivity index (χ1n) is 18.9. The molecular formula is C40H44F3N7O6. The van der Waals surface area contributed by atoms with Crippen molar-refractivity contribution in [2.75, 3.05) is 38.0 Å². The summed E-state index contributed by atoms with van der Waals surface area (Å²) in [5.74, 6) is 0.00336. The van der Waals surface area contributed by atoms with Crippen LogP contribution in [0.1, 0.15) is 91.6 Å². The molecule has 0 spiro atoms. The first-order chi connectivity index (χ1) is 26.8. The van der Waals surface area contributed by atoms with Crippen molar-refractivity contribution < 1.29 is 41.8 Å². The molecule has 56 heavy (non-hydrogen) atoms. The predicted molar refractivity (Wildman–Crippen MR) is 198 cm³/mol. The summed E-state index contributed by atoms with van der Waals surface area (Å²) in [7, 11) is 0. The number of rotatable bonds is 10. The lowest BCUT2D eigenvalue weighted by Gasteiger charge is -2.35. The molecule has 13 nitrogen and oxygen atoms in total. The number of fused-ring (bicyclic) bond motifs is 1. The highest BCUT2D eigenvalue weighted by molar-refractivity contribution is 6.03. The standard InChI is InChI=1S/C40H44F3N7O6/c1-24(2)55-33-20-35-45-30(21-50(35)22-31(33)46-38(53)29-4-3-5-34(44-29)40(41,42)43)27-14-18-49(19-15-27)37(52)23-48-16-12-26(13-17-48)25-6-8-28(9-7-25)56-32-10-11-36(51)47-39(32)54/h3-9,20-22,24,26-27,32H,10-19,23H2,1-2H3,(H,46,53)(H,47,51,54). The quantitative estimate of drug-likeness (QED) is 0.198. The van der Waals surface area contributed by atoms with Crippen molar-refractivity contribution in [3.63, 3.8) is 0 Å². The molecule has 6 heterocycles. The van der Waals surface area contributed by atoms with Crippen molar-refractivity contribution in [3.8, 4) is 11.5 Å². The first kappa shape index (κ1) is 38.8. The smallest absolute Gasteiger partial charge is 0.433 e. The molecule has 296 valence electrons. The highest BCUT2D eigenvalue weighted by atomic mass is 19.4. The summed E-state index contributed by atoms with van der Waals surface area (Å²) in [5, 5.41) is 4.97. The molecule has 3 aliphatic heterocycles. The Morgan fingerprint density at radius 3 is 2.32 bits per heavy atom. The van der Waals surface area contributed by atoms with Crippen LogP contribution in [0.25, 0.3) is 5.65 Å². The monoisotopic (exact) mass is 775 g/mol. The summed E-state index contributed by atoms with van der Waals surface area (Å²) in [6.07, 6.45) is 1.84. The van der Waals surface area contributed by atoms with Crippen LogP contribution in [-0.2, 0) is 20.6 Å². The van der Waals surface area contributed by atoms with E-state index in [9.17, 15) is 32.3 Å². The van der Waals surface area contributed by atoms with Gasteiger partial charge in [0, 0.05) is 50.3 Å². The number of imide groups is 1. The van der Waals surface area contributed by atoms with Gasteiger partial charge in [0.1, 0.15) is 34.2 Å². The van der Waals surface area contributed by atoms with Gasteiger partial charge in [-0.2, -0.15) is 13.2 Å². The fraction of sp³-hybridized carbons (Fsp3) is 0.450. The van der Waals surface area contributed by atoms with Gasteiger partial charge in [-0.25, -0.2) is 9.97 Å². The number of nitrogens with zero attached hydrogens (tertiary/aromatic N) is 5. The molecule has 7 rings (SSSR count). The summed E-state index contributed by atoms with van der Waals surface area (Å²) in [5.41, 5.74) is 1.34. The third kappa shape index (κ3) is 9.12. The number of pyridine rings is 2. The molecule has 16 heteroatoms. The number of imidazole rings is 1. The zero-order valence-electron chi connectivity index (χ0n) is 31.2. The van der Waals surface area contributed by atoms with E-state index in [1.807, 2.05) is 49.2 Å². The zero-order chi connectivity index (χ0) is 39.6. The molecule has 0 aliphatic carbocycles. The van der Waals surface area contributed by atoms with Crippen LogP contribution >= 0.6 is 0 Å². The van der Waals surface area contributed by atoms with Crippen LogP contribution in [0.15, 0.2) is 60.9 Å². The number of nitrogens with one attached hydrogen (secondary N) is 2. The Morgan fingerprint density at radius 1 is 0.929 bits per heavy atom. The lowest BCUT2D eigenvalue weighted by molar-refractivity contribution is -0.141. The number of amides is 4. The van der Waals surface area contributed by atoms with E-state index in [4.69, 9.17) is 14.5 Å². The third-order valence-electron chi connectivity index (χ3n) is 10.5. The zero-order valence-corrected chi connectivity index (χ0v) is 31.2. The SMILES string of the molecule is CC(C)Oc1cc2nc(C3CCN(C(=O)CN4CCC(c5ccc(OC6CCC(=O)NC6=O)cc5)CC4)CC3)cn2cc1NC(=O)c1cccc(C(F)(F)F)n1. The average Bonchev–Trinajstić information content (AvgIpc) is 3.59. The number of likely N-dealkylation sites (tertiary alicyclic amines) is 2. The van der Waals surface area contributed by atoms with Crippen LogP contribution in [0.3, 0.4) is 0 Å². The second kappa shape index (κ2) is 16.3. The maximum atomic E-state index is 13.4. The normalized spacial score (nSPS) is 19.0. The minimum Gasteiger partial charge on any atom is -0.489 e. The molecule has 4 aromatic rings. The number of benzene rings is 1. The number of alkyl halides is 3. The molecule has 0 bridgehead atoms. The Kier molecular flexibility index (Phi) is 11.3. The number of hydrogen-bond donors (Lipinski definition) is 2. The van der Waals surface area contributed by atoms with Gasteiger partial charge < -0.3 is 24.1 Å². The van der Waals surface area contributed by atoms with E-state index in [2.05, 4.69) is 20.5 Å². The van der Waals surface area contributed by atoms with Gasteiger partial charge in [-0.3, -0.25) is 29.4 Å². The second-order valence-electron chi connectivity index (χ2n) is 14.8. The molecule has 3 fully saturated rings. The number of aromatic nitrogens is 3. The summed E-state index contributed by atoms with van der Waals surface area (Å²) in [4.78, 5) is 62.3. The number of anilines is 1. The van der Waals surface area contributed by atoms with Gasteiger partial charge in [-0.15, -0.1) is 0 Å². The van der Waals surface area contributed by atoms with Crippen LogP contribution in [0, 0.1) is 0 Å². The maximum Gasteiger partial charge on any atom is 0.433 e. The summed E-state index contributed by atoms with van der Waals surface area (Å²) >= 11 is 0. The second-order valence-corrected chi connectivity index (χ2v) is 14.8. The Balaban J connectivity index is 0.907. The van der Waals surface area contributed by atoms with E-state index in [-0.39, 0.29) is 41.6 Å². The Hall–Kier alpha value is -5.51. The topological polar surface area (TPSA) is 147 Å². The lowest BCUT2D eigenvalue weighted by Crippen LogP contribution is -2.46. The molecule has 1 unspecified atom stereocenters. The summed E-state index contributed by atoms with van der Waals surface area (Å²) in [6, 6.07) is 12.6. The summed E-state index contributed by atoms with van der Waals surface area (Å²) in [6.45, 7) is 6.84. The van der Waals surface area contributed by atoms with E-state index >= 15 is 0 Å². The average molecular weight is 776 g/mol. The van der Waals surface area contributed by atoms with Crippen molar-refractivity contribution >= 4 is 35.0 Å². The minimum absolute atomic E-state index is 0.109. The number of hydrogen-bond acceptors (Lipinski definition) is 9. The maximum absolute atomic E-state index is 13.4. The summed E-state index contributed by atoms with van der Waals surface area (Å²) < 4.78 is 53.2. The van der Waals surface area contributed by atoms with Crippen LogP contribution in [0.2, 0.25) is 0 Å². The number of carbonyl (C=O) groups is 4. The molecule has 0 saturated carbocycles. The van der Waals surface area contributed by atoms with E-state index < -0.39 is 29.8 Å². The number of ether oxygens (including phenoxy) is 2. The molecule has 0 radical (unpaired) electrons. The van der Waals surface area contributed by atoms with Crippen LogP contribution in [0.5, 0.6) is 11.5 Å². The van der Waals surface area contributed by atoms with Crippen LogP contribution in [-0.4, -0.2) is 92.7 Å². The van der Waals surface area contributed by atoms with Gasteiger partial charge in [-0.1, -0.05) is 18.2 Å². The van der Waals surface area contributed by atoms with Crippen LogP contribution < -0.4 is 20.1 Å². The van der Waals surface area contributed by atoms with Crippen LogP contribution in [0.4, 0.5) is 18.9 Å². The Morgan fingerprint density at radius 2 is 1.64 bits per heavy atom. The molecule has 3 aromatic heterocycles. The molecule has 3 saturated heterocycles. The number of halogens is 3. The van der Waals surface area contributed by atoms with E-state index in [0.717, 1.165) is 56.6 Å². The number of carbonyl (C=O) groups excluding carboxylic acids is 4. The van der Waals surface area contributed by atoms with E-state index in [1.54, 1.807) is 16.7 Å². The first-order valence-corrected chi connectivity index (χ1v) is 18.9. The highest BCUT2D eigenvalue weighted by Crippen LogP contribution is 2.34. The Bertz CT molecular complexity index is 2090. The lowest BCUT2D eigenvalue weighted by atomic mass is 9.89. The largest absolute Gasteiger partial charge is 0.489 e. The van der Waals surface area contributed by atoms with Gasteiger partial charge in [0.25, 0.3) is 11.8 Å². The third-order valence-corrected chi connectivity index (χ3v) is 10.5. The van der Waals surface area contributed by atoms with E-state index in [1.165, 1.54) is 11.6 Å². The number of piperidine rings is 3. The highest BCUT2D eigenvalue weighted by Gasteiger charge is 2.34. The fourth-order valence-electron chi connectivity index (χ4n) is 7.49. The van der Waals surface area contributed by atoms with Crippen molar-refractivity contribution in [2.24, 2.45) is 0 Å². The molecule has 2 N–H and O–H groups in total. The molecule has 1 aromatic carbocycles. The van der Waals surface area contributed by atoms with Gasteiger partial charge in [0.05, 0.1) is 18.3 Å². The van der Waals surface area contributed by atoms with Crippen molar-refractivity contribution in [1.29, 1.82) is 0 Å². The Labute approximate surface area is 321 Å². The minimum atomic E-state index is -4.69. The van der Waals surface area contributed by atoms with Gasteiger partial charge in [0.15, 0.2) is 6.10 Å².